The molecule has 0 aliphatic carbocycles. The van der Waals surface area contributed by atoms with E-state index in [9.17, 15) is 38.4 Å². The summed E-state index contributed by atoms with van der Waals surface area (Å²) in [5, 5.41) is 14.2. The van der Waals surface area contributed by atoms with Gasteiger partial charge in [0.1, 0.15) is 30.5 Å². The van der Waals surface area contributed by atoms with Crippen molar-refractivity contribution in [3.8, 4) is 0 Å². The third-order valence-electron chi connectivity index (χ3n) is 9.02. The summed E-state index contributed by atoms with van der Waals surface area (Å²) < 4.78 is 68.8. The summed E-state index contributed by atoms with van der Waals surface area (Å²) >= 11 is 0. The number of imidazole rings is 2. The zero-order chi connectivity index (χ0) is 39.7. The summed E-state index contributed by atoms with van der Waals surface area (Å²) in [6.45, 7) is -1.86. The van der Waals surface area contributed by atoms with Gasteiger partial charge in [-0.3, -0.25) is 46.8 Å². The molecule has 0 spiro atoms. The lowest BCUT2D eigenvalue weighted by molar-refractivity contribution is -0.0664. The van der Waals surface area contributed by atoms with Crippen LogP contribution in [0, 0.1) is 0 Å². The molecule has 0 amide bonds. The molecule has 3 aliphatic rings. The lowest BCUT2D eigenvalue weighted by Crippen LogP contribution is -2.40. The number of aromatic nitrogens is 8. The van der Waals surface area contributed by atoms with Crippen LogP contribution in [0.25, 0.3) is 22.3 Å². The number of ether oxygens (including phenoxy) is 3. The number of benzene rings is 1. The fraction of sp³-hybridized carbons (Fsp3) is 0.393. The molecule has 26 nitrogen and oxygen atoms in total. The average Bonchev–Trinajstić information content (AvgIpc) is 3.90. The van der Waals surface area contributed by atoms with Crippen molar-refractivity contribution in [2.24, 2.45) is 0 Å². The van der Waals surface area contributed by atoms with Gasteiger partial charge in [0.15, 0.2) is 40.9 Å². The molecule has 10 atom stereocenters. The Labute approximate surface area is 310 Å². The molecule has 7 heterocycles. The molecule has 56 heavy (non-hydrogen) atoms. The molecule has 3 saturated heterocycles. The number of rotatable bonds is 5. The minimum atomic E-state index is -5.27. The van der Waals surface area contributed by atoms with Gasteiger partial charge in [-0.05, 0) is 12.1 Å². The van der Waals surface area contributed by atoms with Crippen LogP contribution in [0.5, 0.6) is 0 Å². The van der Waals surface area contributed by atoms with Crippen molar-refractivity contribution in [2.45, 2.75) is 49.1 Å². The fourth-order valence-corrected chi connectivity index (χ4v) is 8.48. The number of nitrogen functional groups attached to an aromatic ring is 2. The van der Waals surface area contributed by atoms with Gasteiger partial charge in [0.05, 0.1) is 31.4 Å². The SMILES string of the molecule is CNc1ccccc1C(=O)O[C@@H]1[C@@H]2OP(=O)(O)OC[C@H]3O[C@@H](n4cnc5c(=O)[nH]c(N)nc54)[C@H](O)[C@@H]3OP(=O)(O)OC[C@H]2O[C@H]1n1cnc2c(=O)[nH]c(N)nc21. The van der Waals surface area contributed by atoms with Gasteiger partial charge >= 0.3 is 21.6 Å². The maximum absolute atomic E-state index is 13.7. The smallest absolute Gasteiger partial charge is 0.451 e. The largest absolute Gasteiger partial charge is 0.472 e. The van der Waals surface area contributed by atoms with Gasteiger partial charge in [-0.15, -0.1) is 0 Å². The van der Waals surface area contributed by atoms with E-state index in [1.807, 2.05) is 0 Å². The van der Waals surface area contributed by atoms with Crippen molar-refractivity contribution in [3.05, 3.63) is 63.2 Å². The number of hydrogen-bond acceptors (Lipinski definition) is 20. The minimum Gasteiger partial charge on any atom is -0.451 e. The van der Waals surface area contributed by atoms with E-state index >= 15 is 0 Å². The van der Waals surface area contributed by atoms with E-state index in [-0.39, 0.29) is 39.8 Å². The van der Waals surface area contributed by atoms with Crippen molar-refractivity contribution < 1.29 is 61.1 Å². The van der Waals surface area contributed by atoms with Gasteiger partial charge in [0.25, 0.3) is 11.1 Å². The third-order valence-corrected chi connectivity index (χ3v) is 11.0. The maximum atomic E-state index is 13.7. The Morgan fingerprint density at radius 2 is 1.39 bits per heavy atom. The van der Waals surface area contributed by atoms with Crippen LogP contribution in [0.3, 0.4) is 0 Å². The first-order valence-corrected chi connectivity index (χ1v) is 19.3. The van der Waals surface area contributed by atoms with Crippen molar-refractivity contribution >= 4 is 61.5 Å². The van der Waals surface area contributed by atoms with E-state index in [1.54, 1.807) is 25.2 Å². The lowest BCUT2D eigenvalue weighted by atomic mass is 10.1. The number of H-pyrrole nitrogens is 2. The molecular formula is C28H31N11O15P2. The van der Waals surface area contributed by atoms with Gasteiger partial charge < -0.3 is 45.9 Å². The molecule has 10 N–H and O–H groups in total. The lowest BCUT2D eigenvalue weighted by Gasteiger charge is -2.29. The van der Waals surface area contributed by atoms with Gasteiger partial charge in [-0.25, -0.2) is 23.9 Å². The van der Waals surface area contributed by atoms with E-state index in [0.717, 1.165) is 21.8 Å². The summed E-state index contributed by atoms with van der Waals surface area (Å²) in [5.74, 6) is -1.59. The van der Waals surface area contributed by atoms with E-state index < -0.39 is 95.0 Å². The van der Waals surface area contributed by atoms with Crippen molar-refractivity contribution in [2.75, 3.05) is 37.0 Å². The monoisotopic (exact) mass is 823 g/mol. The summed E-state index contributed by atoms with van der Waals surface area (Å²) in [7, 11) is -8.94. The fourth-order valence-electron chi connectivity index (χ4n) is 6.56. The topological polar surface area (TPSA) is 368 Å². The molecule has 28 heteroatoms. The number of anilines is 3. The second-order valence-electron chi connectivity index (χ2n) is 12.5. The quantitative estimate of drug-likeness (QED) is 0.0767. The van der Waals surface area contributed by atoms with Crippen LogP contribution in [0.15, 0.2) is 46.5 Å². The molecule has 4 aromatic heterocycles. The number of phosphoric ester groups is 2. The zero-order valence-electron chi connectivity index (χ0n) is 28.5. The van der Waals surface area contributed by atoms with Crippen LogP contribution >= 0.6 is 15.6 Å². The predicted molar refractivity (Wildman–Crippen MR) is 185 cm³/mol. The van der Waals surface area contributed by atoms with Gasteiger partial charge in [0, 0.05) is 12.7 Å². The molecule has 1 aromatic carbocycles. The summed E-state index contributed by atoms with van der Waals surface area (Å²) in [6.07, 6.45) is -11.3. The predicted octanol–water partition coefficient (Wildman–Crippen LogP) is -1.14. The van der Waals surface area contributed by atoms with E-state index in [2.05, 4.69) is 35.2 Å². The van der Waals surface area contributed by atoms with Crippen LogP contribution in [0.1, 0.15) is 22.8 Å². The van der Waals surface area contributed by atoms with Gasteiger partial charge in [-0.1, -0.05) is 12.1 Å². The van der Waals surface area contributed by atoms with Gasteiger partial charge in [-0.2, -0.15) is 9.97 Å². The first kappa shape index (κ1) is 37.8. The number of aliphatic hydroxyl groups excluding tert-OH is 1. The second kappa shape index (κ2) is 14.1. The van der Waals surface area contributed by atoms with E-state index in [4.69, 9.17) is 43.8 Å². The second-order valence-corrected chi connectivity index (χ2v) is 15.3. The molecule has 2 unspecified atom stereocenters. The Morgan fingerprint density at radius 3 is 1.98 bits per heavy atom. The molecule has 8 rings (SSSR count). The normalized spacial score (nSPS) is 32.4. The first-order valence-electron chi connectivity index (χ1n) is 16.4. The standard InChI is InChI=1S/C28H31N11O15P2/c1-31-11-5-3-2-4-10(11)26(43)52-19-18-13(51-25(19)39-9-33-15-21(39)35-28(30)37-23(15)42)7-49-55(44,45)53-17-12(6-48-56(46,47)54-18)50-24(16(17)40)38-8-32-14-20(38)34-27(29)36-22(14)41/h2-5,8-9,12-13,16-19,24-25,31,40H,6-7H2,1H3,(H,44,45)(H,46,47)(H3,29,34,36,41)(H3,30,35,37,42)/t12-,13-,16-,17-,18-,19-,24-,25-/m1/s1. The van der Waals surface area contributed by atoms with Crippen molar-refractivity contribution in [3.63, 3.8) is 0 Å². The van der Waals surface area contributed by atoms with Crippen LogP contribution in [0.4, 0.5) is 17.6 Å². The summed E-state index contributed by atoms with van der Waals surface area (Å²) in [6, 6.07) is 6.23. The number of nitrogens with one attached hydrogen (secondary N) is 3. The zero-order valence-corrected chi connectivity index (χ0v) is 30.3. The highest BCUT2D eigenvalue weighted by Crippen LogP contribution is 2.54. The molecule has 0 radical (unpaired) electrons. The Morgan fingerprint density at radius 1 is 0.875 bits per heavy atom. The maximum Gasteiger partial charge on any atom is 0.472 e. The molecular weight excluding hydrogens is 792 g/mol. The number of aliphatic hydroxyl groups is 1. The Hall–Kier alpha value is -5.11. The number of carbonyl (C=O) groups excluding carboxylic acids is 1. The molecule has 0 saturated carbocycles. The van der Waals surface area contributed by atoms with E-state index in [1.165, 1.54) is 6.07 Å². The molecule has 3 aliphatic heterocycles. The molecule has 3 fully saturated rings. The van der Waals surface area contributed by atoms with Crippen molar-refractivity contribution in [1.82, 2.24) is 39.0 Å². The van der Waals surface area contributed by atoms with Gasteiger partial charge in [0.2, 0.25) is 11.9 Å². The van der Waals surface area contributed by atoms with Crippen molar-refractivity contribution in [1.29, 1.82) is 0 Å². The Bertz CT molecular complexity index is 2560. The van der Waals surface area contributed by atoms with Crippen LogP contribution in [0.2, 0.25) is 0 Å². The number of esters is 1. The number of aromatic amines is 2. The third kappa shape index (κ3) is 6.86. The average molecular weight is 824 g/mol. The summed E-state index contributed by atoms with van der Waals surface area (Å²) in [5.41, 5.74) is 9.70. The number of phosphoric acid groups is 2. The minimum absolute atomic E-state index is 0.0262. The highest BCUT2D eigenvalue weighted by atomic mass is 31.2. The molecule has 0 bridgehead atoms. The van der Waals surface area contributed by atoms with Crippen LogP contribution in [-0.4, -0.2) is 117 Å². The highest BCUT2D eigenvalue weighted by molar-refractivity contribution is 7.47. The first-order chi connectivity index (χ1) is 26.6. The number of carbonyl (C=O) groups is 1. The number of nitrogens with two attached hydrogens (primary N) is 2. The van der Waals surface area contributed by atoms with E-state index in [0.29, 0.717) is 5.69 Å². The number of hydrogen-bond donors (Lipinski definition) is 8. The Balaban J connectivity index is 1.14. The number of nitrogens with zero attached hydrogens (tertiary/aromatic N) is 6. The number of fused-ring (bicyclic) bond motifs is 4. The molecule has 5 aromatic rings. The summed E-state index contributed by atoms with van der Waals surface area (Å²) in [4.78, 5) is 81.4. The Kier molecular flexibility index (Phi) is 9.53. The highest BCUT2D eigenvalue weighted by Gasteiger charge is 2.55. The van der Waals surface area contributed by atoms with Crippen LogP contribution in [-0.2, 0) is 41.4 Å². The molecule has 298 valence electrons. The number of para-hydroxylation sites is 1. The van der Waals surface area contributed by atoms with Crippen LogP contribution < -0.4 is 27.9 Å².